The molecule has 1 aromatic rings. The highest BCUT2D eigenvalue weighted by molar-refractivity contribution is 5.16. The zero-order valence-electron chi connectivity index (χ0n) is 9.23. The molecule has 1 aliphatic rings. The molecule has 15 heavy (non-hydrogen) atoms. The highest BCUT2D eigenvalue weighted by Gasteiger charge is 2.22. The van der Waals surface area contributed by atoms with E-state index >= 15 is 0 Å². The monoisotopic (exact) mass is 201 g/mol. The van der Waals surface area contributed by atoms with Gasteiger partial charge in [-0.2, -0.15) is 0 Å². The molecule has 0 spiro atoms. The molecule has 1 atom stereocenters. The maximum atomic E-state index is 3.82. The van der Waals surface area contributed by atoms with Gasteiger partial charge < -0.3 is 0 Å². The molecule has 2 rings (SSSR count). The normalized spacial score (nSPS) is 21.7. The summed E-state index contributed by atoms with van der Waals surface area (Å²) in [5, 5.41) is 0. The molecule has 1 heteroatoms. The van der Waals surface area contributed by atoms with E-state index in [1.54, 1.807) is 0 Å². The third-order valence-corrected chi connectivity index (χ3v) is 3.18. The molecule has 1 unspecified atom stereocenters. The van der Waals surface area contributed by atoms with E-state index in [-0.39, 0.29) is 0 Å². The Hall–Kier alpha value is -1.08. The second kappa shape index (κ2) is 5.13. The molecule has 0 N–H and O–H groups in total. The summed E-state index contributed by atoms with van der Waals surface area (Å²) in [6.45, 7) is 6.10. The molecular formula is C14H19N. The Kier molecular flexibility index (Phi) is 3.57. The minimum Gasteiger partial charge on any atom is -0.296 e. The predicted molar refractivity (Wildman–Crippen MR) is 64.9 cm³/mol. The standard InChI is InChI=1S/C14H19N/c1-2-10-15-11-6-9-14(15)12-13-7-4-3-5-8-13/h2-5,7-8,14H,1,6,9-12H2. The Morgan fingerprint density at radius 1 is 1.33 bits per heavy atom. The van der Waals surface area contributed by atoms with Crippen molar-refractivity contribution in [3.63, 3.8) is 0 Å². The van der Waals surface area contributed by atoms with Gasteiger partial charge in [0.2, 0.25) is 0 Å². The van der Waals surface area contributed by atoms with E-state index in [1.807, 2.05) is 6.08 Å². The van der Waals surface area contributed by atoms with Crippen LogP contribution in [0.25, 0.3) is 0 Å². The lowest BCUT2D eigenvalue weighted by Gasteiger charge is -2.22. The SMILES string of the molecule is C=CCN1CCCC1Cc1ccccc1. The molecule has 0 aliphatic carbocycles. The fourth-order valence-corrected chi connectivity index (χ4v) is 2.42. The maximum Gasteiger partial charge on any atom is 0.0163 e. The minimum absolute atomic E-state index is 0.727. The Morgan fingerprint density at radius 2 is 2.13 bits per heavy atom. The zero-order valence-corrected chi connectivity index (χ0v) is 9.23. The molecule has 1 fully saturated rings. The average Bonchev–Trinajstić information content (AvgIpc) is 2.68. The second-order valence-corrected chi connectivity index (χ2v) is 4.27. The number of hydrogen-bond acceptors (Lipinski definition) is 1. The summed E-state index contributed by atoms with van der Waals surface area (Å²) in [4.78, 5) is 2.54. The van der Waals surface area contributed by atoms with Crippen molar-refractivity contribution in [3.05, 3.63) is 48.6 Å². The lowest BCUT2D eigenvalue weighted by atomic mass is 10.0. The quantitative estimate of drug-likeness (QED) is 0.677. The van der Waals surface area contributed by atoms with Gasteiger partial charge in [-0.1, -0.05) is 36.4 Å². The Morgan fingerprint density at radius 3 is 2.87 bits per heavy atom. The molecule has 80 valence electrons. The molecule has 1 heterocycles. The Balaban J connectivity index is 1.96. The average molecular weight is 201 g/mol. The molecule has 0 amide bonds. The van der Waals surface area contributed by atoms with Crippen molar-refractivity contribution in [2.45, 2.75) is 25.3 Å². The van der Waals surface area contributed by atoms with Crippen LogP contribution in [0, 0.1) is 0 Å². The molecule has 1 nitrogen and oxygen atoms in total. The first-order valence-corrected chi connectivity index (χ1v) is 5.79. The van der Waals surface area contributed by atoms with E-state index < -0.39 is 0 Å². The lowest BCUT2D eigenvalue weighted by Crippen LogP contribution is -2.31. The van der Waals surface area contributed by atoms with Crippen LogP contribution in [0.5, 0.6) is 0 Å². The van der Waals surface area contributed by atoms with Crippen LogP contribution < -0.4 is 0 Å². The van der Waals surface area contributed by atoms with Gasteiger partial charge >= 0.3 is 0 Å². The molecule has 1 saturated heterocycles. The summed E-state index contributed by atoms with van der Waals surface area (Å²) < 4.78 is 0. The topological polar surface area (TPSA) is 3.24 Å². The second-order valence-electron chi connectivity index (χ2n) is 4.27. The Bertz CT molecular complexity index is 304. The van der Waals surface area contributed by atoms with E-state index in [1.165, 1.54) is 31.4 Å². The largest absolute Gasteiger partial charge is 0.296 e. The van der Waals surface area contributed by atoms with Crippen molar-refractivity contribution in [1.82, 2.24) is 4.90 Å². The van der Waals surface area contributed by atoms with Gasteiger partial charge in [0.1, 0.15) is 0 Å². The Labute approximate surface area is 92.4 Å². The lowest BCUT2D eigenvalue weighted by molar-refractivity contribution is 0.279. The summed E-state index contributed by atoms with van der Waals surface area (Å²) >= 11 is 0. The van der Waals surface area contributed by atoms with E-state index in [2.05, 4.69) is 41.8 Å². The highest BCUT2D eigenvalue weighted by atomic mass is 15.2. The van der Waals surface area contributed by atoms with Crippen molar-refractivity contribution < 1.29 is 0 Å². The fraction of sp³-hybridized carbons (Fsp3) is 0.429. The smallest absolute Gasteiger partial charge is 0.0163 e. The van der Waals surface area contributed by atoms with Crippen LogP contribution in [0.3, 0.4) is 0 Å². The third-order valence-electron chi connectivity index (χ3n) is 3.18. The van der Waals surface area contributed by atoms with Crippen LogP contribution >= 0.6 is 0 Å². The number of hydrogen-bond donors (Lipinski definition) is 0. The molecule has 0 radical (unpaired) electrons. The van der Waals surface area contributed by atoms with E-state index in [9.17, 15) is 0 Å². The van der Waals surface area contributed by atoms with Gasteiger partial charge in [0, 0.05) is 12.6 Å². The molecule has 1 aliphatic heterocycles. The number of rotatable bonds is 4. The molecule has 0 aromatic heterocycles. The van der Waals surface area contributed by atoms with Gasteiger partial charge in [0.15, 0.2) is 0 Å². The first-order valence-electron chi connectivity index (χ1n) is 5.79. The van der Waals surface area contributed by atoms with E-state index in [0.29, 0.717) is 0 Å². The van der Waals surface area contributed by atoms with Gasteiger partial charge in [0.05, 0.1) is 0 Å². The van der Waals surface area contributed by atoms with Crippen LogP contribution in [0.15, 0.2) is 43.0 Å². The maximum absolute atomic E-state index is 3.82. The van der Waals surface area contributed by atoms with Gasteiger partial charge in [-0.05, 0) is 31.4 Å². The van der Waals surface area contributed by atoms with Crippen LogP contribution in [0.2, 0.25) is 0 Å². The summed E-state index contributed by atoms with van der Waals surface area (Å²) in [7, 11) is 0. The van der Waals surface area contributed by atoms with Crippen LogP contribution in [0.1, 0.15) is 18.4 Å². The van der Waals surface area contributed by atoms with E-state index in [4.69, 9.17) is 0 Å². The predicted octanol–water partition coefficient (Wildman–Crippen LogP) is 2.88. The van der Waals surface area contributed by atoms with Crippen LogP contribution in [-0.2, 0) is 6.42 Å². The molecule has 0 saturated carbocycles. The van der Waals surface area contributed by atoms with Crippen molar-refractivity contribution >= 4 is 0 Å². The van der Waals surface area contributed by atoms with Gasteiger partial charge in [-0.15, -0.1) is 6.58 Å². The first kappa shape index (κ1) is 10.4. The summed E-state index contributed by atoms with van der Waals surface area (Å²) in [5.74, 6) is 0. The number of likely N-dealkylation sites (tertiary alicyclic amines) is 1. The van der Waals surface area contributed by atoms with Crippen LogP contribution in [-0.4, -0.2) is 24.0 Å². The molecule has 0 bridgehead atoms. The van der Waals surface area contributed by atoms with E-state index in [0.717, 1.165) is 12.6 Å². The summed E-state index contributed by atoms with van der Waals surface area (Å²) in [6.07, 6.45) is 5.88. The summed E-state index contributed by atoms with van der Waals surface area (Å²) in [5.41, 5.74) is 1.46. The van der Waals surface area contributed by atoms with Crippen molar-refractivity contribution in [2.24, 2.45) is 0 Å². The highest BCUT2D eigenvalue weighted by Crippen LogP contribution is 2.20. The minimum atomic E-state index is 0.727. The van der Waals surface area contributed by atoms with Crippen molar-refractivity contribution in [2.75, 3.05) is 13.1 Å². The zero-order chi connectivity index (χ0) is 10.5. The van der Waals surface area contributed by atoms with Crippen molar-refractivity contribution in [3.8, 4) is 0 Å². The fourth-order valence-electron chi connectivity index (χ4n) is 2.42. The van der Waals surface area contributed by atoms with Gasteiger partial charge in [0.25, 0.3) is 0 Å². The number of nitrogens with zero attached hydrogens (tertiary/aromatic N) is 1. The van der Waals surface area contributed by atoms with Gasteiger partial charge in [-0.25, -0.2) is 0 Å². The summed E-state index contributed by atoms with van der Waals surface area (Å²) in [6, 6.07) is 11.5. The third kappa shape index (κ3) is 2.69. The van der Waals surface area contributed by atoms with Gasteiger partial charge in [-0.3, -0.25) is 4.90 Å². The molecular weight excluding hydrogens is 182 g/mol. The first-order chi connectivity index (χ1) is 7.40. The van der Waals surface area contributed by atoms with Crippen molar-refractivity contribution in [1.29, 1.82) is 0 Å². The number of benzene rings is 1. The van der Waals surface area contributed by atoms with Crippen LogP contribution in [0.4, 0.5) is 0 Å². The molecule has 1 aromatic carbocycles.